The van der Waals surface area contributed by atoms with Gasteiger partial charge >= 0.3 is 0 Å². The number of amides is 1. The van der Waals surface area contributed by atoms with Crippen molar-refractivity contribution in [3.63, 3.8) is 0 Å². The van der Waals surface area contributed by atoms with Crippen LogP contribution in [0.5, 0.6) is 0 Å². The smallest absolute Gasteiger partial charge is 0.226 e. The maximum Gasteiger partial charge on any atom is 0.226 e. The second-order valence-corrected chi connectivity index (χ2v) is 5.44. The van der Waals surface area contributed by atoms with E-state index < -0.39 is 0 Å². The van der Waals surface area contributed by atoms with Crippen LogP contribution in [0.3, 0.4) is 0 Å². The van der Waals surface area contributed by atoms with Crippen molar-refractivity contribution in [1.82, 2.24) is 9.97 Å². The van der Waals surface area contributed by atoms with Gasteiger partial charge in [-0.25, -0.2) is 4.98 Å². The molecule has 0 saturated carbocycles. The molecule has 0 aliphatic heterocycles. The van der Waals surface area contributed by atoms with E-state index in [-0.39, 0.29) is 5.91 Å². The molecule has 4 nitrogen and oxygen atoms in total. The molecule has 0 saturated heterocycles. The Morgan fingerprint density at radius 3 is 3.10 bits per heavy atom. The van der Waals surface area contributed by atoms with Gasteiger partial charge in [-0.1, -0.05) is 25.1 Å². The Bertz CT molecular complexity index is 744. The Balaban J connectivity index is 1.88. The number of aromatic amines is 1. The molecule has 2 aromatic heterocycles. The van der Waals surface area contributed by atoms with Gasteiger partial charge in [0.05, 0.1) is 5.69 Å². The maximum atomic E-state index is 11.6. The van der Waals surface area contributed by atoms with Crippen LogP contribution in [-0.2, 0) is 4.79 Å². The van der Waals surface area contributed by atoms with Crippen molar-refractivity contribution >= 4 is 33.3 Å². The van der Waals surface area contributed by atoms with Crippen molar-refractivity contribution in [2.24, 2.45) is 0 Å². The number of nitrogens with one attached hydrogen (secondary N) is 2. The molecule has 0 fully saturated rings. The number of thiazole rings is 1. The zero-order valence-corrected chi connectivity index (χ0v) is 12.0. The number of carbonyl (C=O) groups is 1. The van der Waals surface area contributed by atoms with E-state index in [0.29, 0.717) is 11.6 Å². The van der Waals surface area contributed by atoms with Gasteiger partial charge in [0.1, 0.15) is 0 Å². The van der Waals surface area contributed by atoms with Crippen LogP contribution in [0.2, 0.25) is 0 Å². The fraction of sp³-hybridized carbons (Fsp3) is 0.200. The van der Waals surface area contributed by atoms with Crippen molar-refractivity contribution in [2.45, 2.75) is 19.8 Å². The summed E-state index contributed by atoms with van der Waals surface area (Å²) in [4.78, 5) is 19.3. The third kappa shape index (κ3) is 2.44. The highest BCUT2D eigenvalue weighted by Gasteiger charge is 2.10. The van der Waals surface area contributed by atoms with Gasteiger partial charge < -0.3 is 10.3 Å². The molecule has 1 amide bonds. The summed E-state index contributed by atoms with van der Waals surface area (Å²) in [6.45, 7) is 1.98. The highest BCUT2D eigenvalue weighted by Crippen LogP contribution is 2.30. The number of H-pyrrole nitrogens is 1. The first kappa shape index (κ1) is 12.9. The first-order valence-electron chi connectivity index (χ1n) is 6.60. The molecule has 3 rings (SSSR count). The molecule has 2 N–H and O–H groups in total. The lowest BCUT2D eigenvalue weighted by Crippen LogP contribution is -2.10. The van der Waals surface area contributed by atoms with Gasteiger partial charge in [-0.3, -0.25) is 4.79 Å². The van der Waals surface area contributed by atoms with Gasteiger partial charge in [-0.2, -0.15) is 0 Å². The molecule has 0 aliphatic rings. The average molecular weight is 285 g/mol. The topological polar surface area (TPSA) is 57.8 Å². The van der Waals surface area contributed by atoms with Gasteiger partial charge in [-0.15, -0.1) is 11.3 Å². The third-order valence-corrected chi connectivity index (χ3v) is 3.85. The summed E-state index contributed by atoms with van der Waals surface area (Å²) in [5.74, 6) is 0.0207. The van der Waals surface area contributed by atoms with Crippen LogP contribution in [-0.4, -0.2) is 15.9 Å². The number of benzene rings is 1. The van der Waals surface area contributed by atoms with Crippen LogP contribution in [0.4, 0.5) is 5.13 Å². The molecule has 1 aromatic carbocycles. The average Bonchev–Trinajstić information content (AvgIpc) is 3.05. The summed E-state index contributed by atoms with van der Waals surface area (Å²) in [6.07, 6.45) is 3.33. The minimum Gasteiger partial charge on any atom is -0.360 e. The van der Waals surface area contributed by atoms with Crippen molar-refractivity contribution in [3.05, 3.63) is 35.8 Å². The van der Waals surface area contributed by atoms with Crippen LogP contribution in [0, 0.1) is 0 Å². The number of aromatic nitrogens is 2. The second-order valence-electron chi connectivity index (χ2n) is 4.58. The Kier molecular flexibility index (Phi) is 3.52. The molecule has 0 spiro atoms. The Hall–Kier alpha value is -2.14. The second kappa shape index (κ2) is 5.46. The standard InChI is InChI=1S/C15H15N3OS/c1-2-5-14(19)18-15-17-13(9-20-15)11-8-16-12-7-4-3-6-10(11)12/h3-4,6-9,16H,2,5H2,1H3,(H,17,18,19). The minimum atomic E-state index is 0.0207. The van der Waals surface area contributed by atoms with E-state index in [1.165, 1.54) is 11.3 Å². The number of para-hydroxylation sites is 1. The molecule has 5 heteroatoms. The van der Waals surface area contributed by atoms with Gasteiger partial charge in [0.25, 0.3) is 0 Å². The first-order chi connectivity index (χ1) is 9.78. The number of hydrogen-bond acceptors (Lipinski definition) is 3. The van der Waals surface area contributed by atoms with E-state index in [1.54, 1.807) is 0 Å². The van der Waals surface area contributed by atoms with Crippen LogP contribution in [0.15, 0.2) is 35.8 Å². The number of rotatable bonds is 4. The predicted molar refractivity (Wildman–Crippen MR) is 82.9 cm³/mol. The first-order valence-corrected chi connectivity index (χ1v) is 7.47. The summed E-state index contributed by atoms with van der Waals surface area (Å²) in [5.41, 5.74) is 3.04. The SMILES string of the molecule is CCCC(=O)Nc1nc(-c2c[nH]c3ccccc23)cs1. The van der Waals surface area contributed by atoms with Crippen LogP contribution in [0.1, 0.15) is 19.8 Å². The van der Waals surface area contributed by atoms with E-state index >= 15 is 0 Å². The molecule has 0 radical (unpaired) electrons. The highest BCUT2D eigenvalue weighted by molar-refractivity contribution is 7.14. The molecule has 102 valence electrons. The van der Waals surface area contributed by atoms with Crippen LogP contribution >= 0.6 is 11.3 Å². The Morgan fingerprint density at radius 2 is 2.25 bits per heavy atom. The summed E-state index contributed by atoms with van der Waals surface area (Å²) in [6, 6.07) is 8.11. The zero-order chi connectivity index (χ0) is 13.9. The quantitative estimate of drug-likeness (QED) is 0.760. The summed E-state index contributed by atoms with van der Waals surface area (Å²) >= 11 is 1.45. The number of hydrogen-bond donors (Lipinski definition) is 2. The molecule has 0 unspecified atom stereocenters. The summed E-state index contributed by atoms with van der Waals surface area (Å²) in [5, 5.41) is 6.60. The third-order valence-electron chi connectivity index (χ3n) is 3.09. The molecule has 2 heterocycles. The molecule has 0 bridgehead atoms. The summed E-state index contributed by atoms with van der Waals surface area (Å²) < 4.78 is 0. The largest absolute Gasteiger partial charge is 0.360 e. The van der Waals surface area contributed by atoms with E-state index in [2.05, 4.69) is 21.4 Å². The fourth-order valence-corrected chi connectivity index (χ4v) is 2.87. The van der Waals surface area contributed by atoms with E-state index in [0.717, 1.165) is 28.6 Å². The van der Waals surface area contributed by atoms with Gasteiger partial charge in [-0.05, 0) is 12.5 Å². The molecule has 0 atom stereocenters. The fourth-order valence-electron chi connectivity index (χ4n) is 2.15. The van der Waals surface area contributed by atoms with Gasteiger partial charge in [0, 0.05) is 34.5 Å². The minimum absolute atomic E-state index is 0.0207. The van der Waals surface area contributed by atoms with Crippen molar-refractivity contribution < 1.29 is 4.79 Å². The zero-order valence-electron chi connectivity index (χ0n) is 11.1. The lowest BCUT2D eigenvalue weighted by atomic mass is 10.1. The van der Waals surface area contributed by atoms with E-state index in [4.69, 9.17) is 0 Å². The monoisotopic (exact) mass is 285 g/mol. The van der Waals surface area contributed by atoms with Crippen LogP contribution < -0.4 is 5.32 Å². The normalized spacial score (nSPS) is 10.8. The van der Waals surface area contributed by atoms with Gasteiger partial charge in [0.2, 0.25) is 5.91 Å². The Labute approximate surface area is 120 Å². The van der Waals surface area contributed by atoms with Gasteiger partial charge in [0.15, 0.2) is 5.13 Å². The number of anilines is 1. The van der Waals surface area contributed by atoms with Crippen LogP contribution in [0.25, 0.3) is 22.2 Å². The lowest BCUT2D eigenvalue weighted by molar-refractivity contribution is -0.116. The summed E-state index contributed by atoms with van der Waals surface area (Å²) in [7, 11) is 0. The maximum absolute atomic E-state index is 11.6. The predicted octanol–water partition coefficient (Wildman–Crippen LogP) is 4.03. The number of nitrogens with zero attached hydrogens (tertiary/aromatic N) is 1. The number of carbonyl (C=O) groups excluding carboxylic acids is 1. The Morgan fingerprint density at radius 1 is 1.40 bits per heavy atom. The van der Waals surface area contributed by atoms with Crippen molar-refractivity contribution in [1.29, 1.82) is 0 Å². The molecule has 0 aliphatic carbocycles. The number of fused-ring (bicyclic) bond motifs is 1. The lowest BCUT2D eigenvalue weighted by Gasteiger charge is -1.98. The molecular formula is C15H15N3OS. The molecular weight excluding hydrogens is 270 g/mol. The van der Waals surface area contributed by atoms with E-state index in [9.17, 15) is 4.79 Å². The molecule has 20 heavy (non-hydrogen) atoms. The van der Waals surface area contributed by atoms with E-state index in [1.807, 2.05) is 36.7 Å². The van der Waals surface area contributed by atoms with Crippen molar-refractivity contribution in [3.8, 4) is 11.3 Å². The van der Waals surface area contributed by atoms with Crippen molar-refractivity contribution in [2.75, 3.05) is 5.32 Å². The highest BCUT2D eigenvalue weighted by atomic mass is 32.1. The molecule has 3 aromatic rings.